The zero-order chi connectivity index (χ0) is 24.9. The molecule has 0 aliphatic carbocycles. The first-order valence-corrected chi connectivity index (χ1v) is 13.4. The first-order chi connectivity index (χ1) is 17.6. The smallest absolute Gasteiger partial charge is 0.259 e. The van der Waals surface area contributed by atoms with E-state index in [2.05, 4.69) is 71.1 Å². The van der Waals surface area contributed by atoms with E-state index < -0.39 is 0 Å². The number of aryl methyl sites for hydroxylation is 1. The first kappa shape index (κ1) is 24.4. The predicted octanol–water partition coefficient (Wildman–Crippen LogP) is 4.69. The van der Waals surface area contributed by atoms with E-state index in [0.717, 1.165) is 76.5 Å². The Morgan fingerprint density at radius 1 is 0.944 bits per heavy atom. The molecule has 2 saturated heterocycles. The van der Waals surface area contributed by atoms with Gasteiger partial charge < -0.3 is 14.7 Å². The number of nitrogens with zero attached hydrogens (tertiary/aromatic N) is 5. The van der Waals surface area contributed by atoms with E-state index in [4.69, 9.17) is 4.98 Å². The Morgan fingerprint density at radius 2 is 1.69 bits per heavy atom. The highest BCUT2D eigenvalue weighted by molar-refractivity contribution is 5.99. The van der Waals surface area contributed by atoms with Gasteiger partial charge in [-0.3, -0.25) is 4.79 Å². The van der Waals surface area contributed by atoms with Crippen LogP contribution < -0.4 is 4.90 Å². The number of piperazine rings is 1. The third-order valence-electron chi connectivity index (χ3n) is 7.66. The lowest BCUT2D eigenvalue weighted by molar-refractivity contribution is 0.0643. The Bertz CT molecular complexity index is 1160. The predicted molar refractivity (Wildman–Crippen MR) is 145 cm³/mol. The maximum atomic E-state index is 13.7. The van der Waals surface area contributed by atoms with Gasteiger partial charge in [-0.15, -0.1) is 0 Å². The molecule has 3 aromatic rings. The van der Waals surface area contributed by atoms with Crippen LogP contribution in [0.1, 0.15) is 41.3 Å². The molecule has 6 nitrogen and oxygen atoms in total. The van der Waals surface area contributed by atoms with Crippen molar-refractivity contribution < 1.29 is 4.79 Å². The van der Waals surface area contributed by atoms with Gasteiger partial charge in [-0.05, 0) is 50.3 Å². The van der Waals surface area contributed by atoms with Crippen molar-refractivity contribution in [1.29, 1.82) is 0 Å². The molecule has 0 spiro atoms. The van der Waals surface area contributed by atoms with Crippen LogP contribution in [0.4, 0.5) is 5.82 Å². The number of rotatable bonds is 6. The molecule has 0 saturated carbocycles. The van der Waals surface area contributed by atoms with Gasteiger partial charge in [0.15, 0.2) is 5.82 Å². The molecule has 2 aliphatic rings. The highest BCUT2D eigenvalue weighted by atomic mass is 16.2. The van der Waals surface area contributed by atoms with Gasteiger partial charge >= 0.3 is 0 Å². The summed E-state index contributed by atoms with van der Waals surface area (Å²) < 4.78 is 0. The third kappa shape index (κ3) is 5.59. The van der Waals surface area contributed by atoms with Gasteiger partial charge in [0.05, 0.1) is 0 Å². The minimum absolute atomic E-state index is 0.0583. The fraction of sp³-hybridized carbons (Fsp3) is 0.433. The maximum Gasteiger partial charge on any atom is 0.259 e. The van der Waals surface area contributed by atoms with Gasteiger partial charge in [0.2, 0.25) is 0 Å². The molecule has 2 aromatic carbocycles. The van der Waals surface area contributed by atoms with E-state index in [1.54, 1.807) is 6.20 Å². The number of aromatic nitrogens is 2. The standard InChI is InChI=1S/C30H37N5O/c1-3-33-16-18-35(19-17-33)30(36)27-22-31-28(26-11-7-8-23(2)20-26)32-29(27)34-14-12-25(13-15-34)21-24-9-5-4-6-10-24/h4-11,20,22,25H,3,12-19,21H2,1-2H3. The summed E-state index contributed by atoms with van der Waals surface area (Å²) in [5.74, 6) is 2.20. The van der Waals surface area contributed by atoms with Crippen molar-refractivity contribution in [2.24, 2.45) is 5.92 Å². The SMILES string of the molecule is CCN1CCN(C(=O)c2cnc(-c3cccc(C)c3)nc2N2CCC(Cc3ccccc3)CC2)CC1. The molecule has 1 aromatic heterocycles. The number of amides is 1. The third-order valence-corrected chi connectivity index (χ3v) is 7.66. The molecule has 6 heteroatoms. The van der Waals surface area contributed by atoms with Gasteiger partial charge in [0.25, 0.3) is 5.91 Å². The van der Waals surface area contributed by atoms with Crippen molar-refractivity contribution in [1.82, 2.24) is 19.8 Å². The van der Waals surface area contributed by atoms with E-state index in [-0.39, 0.29) is 5.91 Å². The van der Waals surface area contributed by atoms with Crippen molar-refractivity contribution in [2.75, 3.05) is 50.7 Å². The quantitative estimate of drug-likeness (QED) is 0.509. The second-order valence-corrected chi connectivity index (χ2v) is 10.1. The summed E-state index contributed by atoms with van der Waals surface area (Å²) in [4.78, 5) is 30.0. The molecule has 0 unspecified atom stereocenters. The summed E-state index contributed by atoms with van der Waals surface area (Å²) in [5, 5.41) is 0. The van der Waals surface area contributed by atoms with Crippen molar-refractivity contribution in [2.45, 2.75) is 33.1 Å². The Morgan fingerprint density at radius 3 is 2.39 bits per heavy atom. The maximum absolute atomic E-state index is 13.7. The highest BCUT2D eigenvalue weighted by Gasteiger charge is 2.29. The van der Waals surface area contributed by atoms with Crippen LogP contribution in [-0.2, 0) is 6.42 Å². The van der Waals surface area contributed by atoms with E-state index >= 15 is 0 Å². The highest BCUT2D eigenvalue weighted by Crippen LogP contribution is 2.29. The molecule has 1 amide bonds. The van der Waals surface area contributed by atoms with Gasteiger partial charge in [0.1, 0.15) is 11.4 Å². The Labute approximate surface area is 215 Å². The molecule has 0 atom stereocenters. The lowest BCUT2D eigenvalue weighted by Crippen LogP contribution is -2.49. The van der Waals surface area contributed by atoms with Gasteiger partial charge in [0, 0.05) is 51.0 Å². The number of likely N-dealkylation sites (N-methyl/N-ethyl adjacent to an activating group) is 1. The van der Waals surface area contributed by atoms with E-state index in [0.29, 0.717) is 17.3 Å². The molecule has 3 heterocycles. The van der Waals surface area contributed by atoms with Crippen LogP contribution in [0.25, 0.3) is 11.4 Å². The Balaban J connectivity index is 1.38. The number of hydrogen-bond donors (Lipinski definition) is 0. The minimum Gasteiger partial charge on any atom is -0.356 e. The molecular weight excluding hydrogens is 446 g/mol. The summed E-state index contributed by atoms with van der Waals surface area (Å²) in [5.41, 5.74) is 4.21. The van der Waals surface area contributed by atoms with Crippen LogP contribution in [0.3, 0.4) is 0 Å². The van der Waals surface area contributed by atoms with Crippen LogP contribution in [-0.4, -0.2) is 71.5 Å². The number of hydrogen-bond acceptors (Lipinski definition) is 5. The molecular formula is C30H37N5O. The van der Waals surface area contributed by atoms with Crippen LogP contribution in [0.15, 0.2) is 60.8 Å². The molecule has 0 N–H and O–H groups in total. The molecule has 2 fully saturated rings. The molecule has 188 valence electrons. The number of piperidine rings is 1. The molecule has 0 radical (unpaired) electrons. The normalized spacial score (nSPS) is 17.4. The average Bonchev–Trinajstić information content (AvgIpc) is 2.93. The van der Waals surface area contributed by atoms with Gasteiger partial charge in [-0.1, -0.05) is 61.0 Å². The molecule has 36 heavy (non-hydrogen) atoms. The van der Waals surface area contributed by atoms with E-state index in [1.165, 1.54) is 11.1 Å². The zero-order valence-electron chi connectivity index (χ0n) is 21.6. The summed E-state index contributed by atoms with van der Waals surface area (Å²) >= 11 is 0. The lowest BCUT2D eigenvalue weighted by Gasteiger charge is -2.36. The second-order valence-electron chi connectivity index (χ2n) is 10.1. The van der Waals surface area contributed by atoms with Crippen molar-refractivity contribution >= 4 is 11.7 Å². The summed E-state index contributed by atoms with van der Waals surface area (Å²) in [6.07, 6.45) is 5.08. The summed E-state index contributed by atoms with van der Waals surface area (Å²) in [6.45, 7) is 10.5. The Kier molecular flexibility index (Phi) is 7.61. The molecule has 0 bridgehead atoms. The summed E-state index contributed by atoms with van der Waals surface area (Å²) in [7, 11) is 0. The Hall–Kier alpha value is -3.25. The monoisotopic (exact) mass is 483 g/mol. The number of carbonyl (C=O) groups excluding carboxylic acids is 1. The van der Waals surface area contributed by atoms with Crippen molar-refractivity contribution in [3.63, 3.8) is 0 Å². The average molecular weight is 484 g/mol. The minimum atomic E-state index is 0.0583. The van der Waals surface area contributed by atoms with Gasteiger partial charge in [-0.2, -0.15) is 0 Å². The molecule has 2 aliphatic heterocycles. The lowest BCUT2D eigenvalue weighted by atomic mass is 9.90. The largest absolute Gasteiger partial charge is 0.356 e. The zero-order valence-corrected chi connectivity index (χ0v) is 21.6. The summed E-state index contributed by atoms with van der Waals surface area (Å²) in [6, 6.07) is 19.0. The van der Waals surface area contributed by atoms with Crippen LogP contribution in [0.5, 0.6) is 0 Å². The number of carbonyl (C=O) groups is 1. The fourth-order valence-corrected chi connectivity index (χ4v) is 5.42. The van der Waals surface area contributed by atoms with Crippen molar-refractivity contribution in [3.8, 4) is 11.4 Å². The van der Waals surface area contributed by atoms with Crippen molar-refractivity contribution in [3.05, 3.63) is 77.5 Å². The second kappa shape index (κ2) is 11.2. The fourth-order valence-electron chi connectivity index (χ4n) is 5.42. The van der Waals surface area contributed by atoms with Gasteiger partial charge in [-0.25, -0.2) is 9.97 Å². The van der Waals surface area contributed by atoms with E-state index in [9.17, 15) is 4.79 Å². The van der Waals surface area contributed by atoms with Crippen LogP contribution >= 0.6 is 0 Å². The van der Waals surface area contributed by atoms with Crippen LogP contribution in [0.2, 0.25) is 0 Å². The van der Waals surface area contributed by atoms with E-state index in [1.807, 2.05) is 17.0 Å². The topological polar surface area (TPSA) is 52.6 Å². The first-order valence-electron chi connectivity index (χ1n) is 13.4. The molecule has 5 rings (SSSR count). The number of benzene rings is 2. The van der Waals surface area contributed by atoms with Crippen LogP contribution in [0, 0.1) is 12.8 Å². The number of anilines is 1.